The quantitative estimate of drug-likeness (QED) is 0.434. The van der Waals surface area contributed by atoms with E-state index in [1.807, 2.05) is 0 Å². The van der Waals surface area contributed by atoms with Crippen molar-refractivity contribution < 1.29 is 26.6 Å². The first-order chi connectivity index (χ1) is 7.26. The highest BCUT2D eigenvalue weighted by Crippen LogP contribution is 2.28. The van der Waals surface area contributed by atoms with Crippen molar-refractivity contribution in [3.63, 3.8) is 0 Å². The smallest absolute Gasteiger partial charge is 0.323 e. The number of aliphatic carboxylic acids is 1. The van der Waals surface area contributed by atoms with Crippen LogP contribution >= 0.6 is 0 Å². The number of carboxylic acid groups (broad SMARTS) is 1. The predicted molar refractivity (Wildman–Crippen MR) is 50.3 cm³/mol. The minimum absolute atomic E-state index is 0.224. The number of aliphatic hydroxyl groups is 1. The number of hydrogen-bond acceptors (Lipinski definition) is 5. The maximum Gasteiger partial charge on any atom is 0.323 e. The summed E-state index contributed by atoms with van der Waals surface area (Å²) < 4.78 is 7.43. The first-order valence-electron chi connectivity index (χ1n) is 4.50. The van der Waals surface area contributed by atoms with Gasteiger partial charge in [-0.1, -0.05) is 6.07 Å². The molecule has 0 saturated heterocycles. The van der Waals surface area contributed by atoms with Crippen LogP contribution in [0.3, 0.4) is 0 Å². The molecule has 0 amide bonds. The Hall–Kier alpha value is -1.79. The molecule has 0 aliphatic rings. The van der Waals surface area contributed by atoms with Gasteiger partial charge in [-0.05, 0) is 17.7 Å². The number of phenols is 2. The van der Waals surface area contributed by atoms with Gasteiger partial charge in [-0.25, -0.2) is 0 Å². The lowest BCUT2D eigenvalue weighted by Gasteiger charge is -2.15. The maximum absolute atomic E-state index is 10.6. The lowest BCUT2D eigenvalue weighted by Crippen LogP contribution is -2.36. The topological polar surface area (TPSA) is 124 Å². The Morgan fingerprint density at radius 3 is 2.47 bits per heavy atom. The van der Waals surface area contributed by atoms with Crippen LogP contribution in [0, 0.1) is 0 Å². The van der Waals surface area contributed by atoms with Gasteiger partial charge in [0.2, 0.25) is 0 Å². The van der Waals surface area contributed by atoms with E-state index in [0.717, 1.165) is 18.2 Å². The molecule has 0 aliphatic carbocycles. The molecule has 0 spiro atoms. The van der Waals surface area contributed by atoms with E-state index in [4.69, 9.17) is 22.4 Å². The summed E-state index contributed by atoms with van der Waals surface area (Å²) in [5.41, 5.74) is 4.91. The molecule has 1 aromatic carbocycles. The van der Waals surface area contributed by atoms with Gasteiger partial charge in [-0.2, -0.15) is 0 Å². The molecule has 6 nitrogen and oxygen atoms in total. The number of carbonyl (C=O) groups is 1. The zero-order valence-electron chi connectivity index (χ0n) is 8.58. The van der Waals surface area contributed by atoms with E-state index in [2.05, 4.69) is 0 Å². The Morgan fingerprint density at radius 2 is 2.00 bits per heavy atom. The van der Waals surface area contributed by atoms with Gasteiger partial charge in [0, 0.05) is 0 Å². The molecule has 15 heavy (non-hydrogen) atoms. The molecule has 0 saturated carbocycles. The third kappa shape index (κ3) is 2.36. The van der Waals surface area contributed by atoms with Crippen LogP contribution in [0.15, 0.2) is 18.2 Å². The average Bonchev–Trinajstić information content (AvgIpc) is 2.20. The fourth-order valence-electron chi connectivity index (χ4n) is 0.979. The summed E-state index contributed by atoms with van der Waals surface area (Å²) >= 11 is 0. The SMILES string of the molecule is [2H][C@](O)(c1ccc(O)c(O)c1)[C@@H](N)C(=O)O. The number of phenolic OH excluding ortho intramolecular Hbond substituents is 2. The summed E-state index contributed by atoms with van der Waals surface area (Å²) in [6, 6.07) is 1.14. The minimum atomic E-state index is -2.59. The van der Waals surface area contributed by atoms with Gasteiger partial charge in [0.25, 0.3) is 0 Å². The zero-order valence-corrected chi connectivity index (χ0v) is 7.58. The summed E-state index contributed by atoms with van der Waals surface area (Å²) in [7, 11) is 0. The van der Waals surface area contributed by atoms with Crippen molar-refractivity contribution in [3.05, 3.63) is 23.8 Å². The summed E-state index contributed by atoms with van der Waals surface area (Å²) in [6.45, 7) is 0. The molecule has 82 valence electrons. The first kappa shape index (κ1) is 9.75. The van der Waals surface area contributed by atoms with E-state index in [1.165, 1.54) is 0 Å². The van der Waals surface area contributed by atoms with Gasteiger partial charge in [0.1, 0.15) is 12.1 Å². The van der Waals surface area contributed by atoms with Crippen molar-refractivity contribution in [1.82, 2.24) is 0 Å². The van der Waals surface area contributed by atoms with Gasteiger partial charge in [-0.15, -0.1) is 0 Å². The summed E-state index contributed by atoms with van der Waals surface area (Å²) in [5.74, 6) is -2.56. The van der Waals surface area contributed by atoms with Crippen molar-refractivity contribution in [3.8, 4) is 11.5 Å². The summed E-state index contributed by atoms with van der Waals surface area (Å²) in [5, 5.41) is 36.4. The minimum Gasteiger partial charge on any atom is -0.504 e. The van der Waals surface area contributed by atoms with Crippen LogP contribution in [0.25, 0.3) is 0 Å². The van der Waals surface area contributed by atoms with Crippen LogP contribution in [0.4, 0.5) is 0 Å². The van der Waals surface area contributed by atoms with Crippen molar-refractivity contribution in [2.24, 2.45) is 5.73 Å². The van der Waals surface area contributed by atoms with Crippen LogP contribution in [0.5, 0.6) is 11.5 Å². The van der Waals surface area contributed by atoms with Crippen LogP contribution in [-0.2, 0) is 4.79 Å². The van der Waals surface area contributed by atoms with Crippen molar-refractivity contribution >= 4 is 5.97 Å². The van der Waals surface area contributed by atoms with Gasteiger partial charge >= 0.3 is 5.97 Å². The third-order valence-electron chi connectivity index (χ3n) is 1.83. The number of hydrogen-bond donors (Lipinski definition) is 5. The summed E-state index contributed by atoms with van der Waals surface area (Å²) in [4.78, 5) is 10.6. The van der Waals surface area contributed by atoms with Crippen LogP contribution < -0.4 is 5.73 Å². The van der Waals surface area contributed by atoms with E-state index in [9.17, 15) is 9.90 Å². The molecule has 0 bridgehead atoms. The Balaban J connectivity index is 3.16. The molecule has 1 aromatic rings. The normalized spacial score (nSPS) is 17.6. The molecular weight excluding hydrogens is 202 g/mol. The molecular formula is C9H11NO5. The first-order valence-corrected chi connectivity index (χ1v) is 4.00. The molecule has 0 fully saturated rings. The van der Waals surface area contributed by atoms with Gasteiger partial charge in [0.05, 0.1) is 1.37 Å². The molecule has 1 rings (SSSR count). The van der Waals surface area contributed by atoms with Crippen LogP contribution in [-0.4, -0.2) is 32.4 Å². The van der Waals surface area contributed by atoms with Gasteiger partial charge in [0.15, 0.2) is 11.5 Å². The molecule has 0 radical (unpaired) electrons. The van der Waals surface area contributed by atoms with E-state index >= 15 is 0 Å². The van der Waals surface area contributed by atoms with E-state index in [0.29, 0.717) is 0 Å². The lowest BCUT2D eigenvalue weighted by atomic mass is 10.0. The maximum atomic E-state index is 10.6. The fraction of sp³-hybridized carbons (Fsp3) is 0.222. The van der Waals surface area contributed by atoms with Gasteiger partial charge < -0.3 is 26.2 Å². The van der Waals surface area contributed by atoms with E-state index < -0.39 is 29.6 Å². The second kappa shape index (κ2) is 4.16. The monoisotopic (exact) mass is 214 g/mol. The molecule has 2 atom stereocenters. The predicted octanol–water partition coefficient (Wildman–Crippen LogP) is -0.457. The molecule has 6 heteroatoms. The molecule has 0 aliphatic heterocycles. The van der Waals surface area contributed by atoms with Crippen molar-refractivity contribution in [2.75, 3.05) is 0 Å². The highest BCUT2D eigenvalue weighted by Gasteiger charge is 2.24. The number of nitrogens with two attached hydrogens (primary N) is 1. The summed E-state index contributed by atoms with van der Waals surface area (Å²) in [6.07, 6.45) is -2.59. The standard InChI is InChI=1S/C9H11NO5/c10-7(9(14)15)8(13)4-1-2-5(11)6(12)3-4/h1-3,7-8,11-13H,10H2,(H,14,15)/t7-,8+/m1/s1/i8D. The fourth-order valence-corrected chi connectivity index (χ4v) is 0.979. The Labute approximate surface area is 86.6 Å². The highest BCUT2D eigenvalue weighted by atomic mass is 16.4. The third-order valence-corrected chi connectivity index (χ3v) is 1.83. The zero-order chi connectivity index (χ0) is 12.5. The average molecular weight is 214 g/mol. The largest absolute Gasteiger partial charge is 0.504 e. The van der Waals surface area contributed by atoms with Crippen LogP contribution in [0.2, 0.25) is 0 Å². The molecule has 0 aromatic heterocycles. The number of carboxylic acids is 1. The Bertz CT molecular complexity index is 420. The van der Waals surface area contributed by atoms with Gasteiger partial charge in [-0.3, -0.25) is 4.79 Å². The second-order valence-corrected chi connectivity index (χ2v) is 2.90. The Kier molecular flexibility index (Phi) is 2.70. The van der Waals surface area contributed by atoms with E-state index in [-0.39, 0.29) is 5.56 Å². The Morgan fingerprint density at radius 1 is 1.40 bits per heavy atom. The second-order valence-electron chi connectivity index (χ2n) is 2.90. The number of rotatable bonds is 3. The lowest BCUT2D eigenvalue weighted by molar-refractivity contribution is -0.141. The van der Waals surface area contributed by atoms with Crippen LogP contribution in [0.1, 0.15) is 13.0 Å². The molecule has 0 heterocycles. The number of aromatic hydroxyl groups is 2. The van der Waals surface area contributed by atoms with Crippen molar-refractivity contribution in [2.45, 2.75) is 12.1 Å². The highest BCUT2D eigenvalue weighted by molar-refractivity contribution is 5.74. The molecule has 6 N–H and O–H groups in total. The van der Waals surface area contributed by atoms with Crippen molar-refractivity contribution in [1.29, 1.82) is 0 Å². The van der Waals surface area contributed by atoms with E-state index in [1.54, 1.807) is 0 Å². The number of benzene rings is 1. The molecule has 0 unspecified atom stereocenters.